The molecule has 0 fully saturated rings. The van der Waals surface area contributed by atoms with Crippen molar-refractivity contribution >= 4 is 11.6 Å². The molecule has 0 bridgehead atoms. The lowest BCUT2D eigenvalue weighted by molar-refractivity contribution is 0.0954. The molecule has 4 nitrogen and oxygen atoms in total. The van der Waals surface area contributed by atoms with Crippen LogP contribution in [0.15, 0.2) is 53.6 Å². The minimum atomic E-state index is -0.315. The Morgan fingerprint density at radius 3 is 2.40 bits per heavy atom. The number of hydrazone groups is 1. The van der Waals surface area contributed by atoms with Crippen molar-refractivity contribution in [2.45, 2.75) is 12.8 Å². The summed E-state index contributed by atoms with van der Waals surface area (Å²) in [6, 6.07) is 14.4. The maximum absolute atomic E-state index is 11.9. The lowest BCUT2D eigenvalue weighted by Gasteiger charge is -2.01. The molecule has 0 spiro atoms. The van der Waals surface area contributed by atoms with E-state index in [0.29, 0.717) is 5.56 Å². The number of carbonyl (C=O) groups excluding carboxylic acids is 1. The van der Waals surface area contributed by atoms with E-state index >= 15 is 0 Å². The van der Waals surface area contributed by atoms with E-state index in [2.05, 4.69) is 22.7 Å². The molecule has 2 aromatic carbocycles. The van der Waals surface area contributed by atoms with E-state index in [-0.39, 0.29) is 11.7 Å². The summed E-state index contributed by atoms with van der Waals surface area (Å²) in [5.74, 6) is -0.247. The van der Waals surface area contributed by atoms with Crippen molar-refractivity contribution in [1.82, 2.24) is 5.43 Å². The van der Waals surface area contributed by atoms with Crippen molar-refractivity contribution in [2.75, 3.05) is 0 Å². The van der Waals surface area contributed by atoms with Crippen molar-refractivity contribution < 1.29 is 9.90 Å². The van der Waals surface area contributed by atoms with Crippen molar-refractivity contribution in [1.29, 1.82) is 0 Å². The van der Waals surface area contributed by atoms with Crippen LogP contribution in [0.5, 0.6) is 5.75 Å². The number of benzene rings is 2. The molecule has 0 saturated heterocycles. The predicted molar refractivity (Wildman–Crippen MR) is 76.9 cm³/mol. The van der Waals surface area contributed by atoms with Crippen molar-refractivity contribution in [3.05, 3.63) is 65.2 Å². The van der Waals surface area contributed by atoms with Gasteiger partial charge in [0.05, 0.1) is 0 Å². The lowest BCUT2D eigenvalue weighted by Crippen LogP contribution is -2.19. The number of hydrogen-bond acceptors (Lipinski definition) is 3. The average molecular weight is 266 g/mol. The Balaban J connectivity index is 1.69. The zero-order valence-corrected chi connectivity index (χ0v) is 10.8. The molecule has 20 heavy (non-hydrogen) atoms. The maximum atomic E-state index is 11.9. The second-order valence-corrected chi connectivity index (χ2v) is 4.79. The molecule has 1 aliphatic rings. The highest BCUT2D eigenvalue weighted by Crippen LogP contribution is 2.19. The molecule has 1 aliphatic carbocycles. The van der Waals surface area contributed by atoms with Crippen molar-refractivity contribution in [3.8, 4) is 5.75 Å². The SMILES string of the molecule is O=C(NN=C1Cc2ccccc2C1)c1cccc(O)c1. The number of aromatic hydroxyl groups is 1. The fourth-order valence-corrected chi connectivity index (χ4v) is 2.33. The Morgan fingerprint density at radius 1 is 1.05 bits per heavy atom. The maximum Gasteiger partial charge on any atom is 0.271 e. The summed E-state index contributed by atoms with van der Waals surface area (Å²) in [5.41, 5.74) is 6.40. The van der Waals surface area contributed by atoms with Gasteiger partial charge < -0.3 is 5.11 Å². The van der Waals surface area contributed by atoms with E-state index in [1.165, 1.54) is 23.3 Å². The smallest absolute Gasteiger partial charge is 0.271 e. The number of phenolic OH excluding ortho intramolecular Hbond substituents is 1. The van der Waals surface area contributed by atoms with Crippen LogP contribution in [-0.4, -0.2) is 16.7 Å². The van der Waals surface area contributed by atoms with Crippen LogP contribution in [0.1, 0.15) is 21.5 Å². The van der Waals surface area contributed by atoms with Gasteiger partial charge in [-0.15, -0.1) is 0 Å². The summed E-state index contributed by atoms with van der Waals surface area (Å²) in [4.78, 5) is 11.9. The predicted octanol–water partition coefficient (Wildman–Crippen LogP) is 2.28. The first-order valence-corrected chi connectivity index (χ1v) is 6.44. The average Bonchev–Trinajstić information content (AvgIpc) is 2.87. The van der Waals surface area contributed by atoms with Crippen LogP contribution < -0.4 is 5.43 Å². The Kier molecular flexibility index (Phi) is 3.21. The molecule has 100 valence electrons. The van der Waals surface area contributed by atoms with E-state index in [0.717, 1.165) is 18.6 Å². The molecule has 0 aromatic heterocycles. The zero-order chi connectivity index (χ0) is 13.9. The highest BCUT2D eigenvalue weighted by Gasteiger charge is 2.16. The van der Waals surface area contributed by atoms with Gasteiger partial charge in [-0.1, -0.05) is 30.3 Å². The number of rotatable bonds is 2. The van der Waals surface area contributed by atoms with Gasteiger partial charge in [-0.3, -0.25) is 4.79 Å². The summed E-state index contributed by atoms with van der Waals surface area (Å²) in [5, 5.41) is 13.5. The first-order valence-electron chi connectivity index (χ1n) is 6.44. The van der Waals surface area contributed by atoms with Gasteiger partial charge in [0.15, 0.2) is 0 Å². The third-order valence-corrected chi connectivity index (χ3v) is 3.33. The highest BCUT2D eigenvalue weighted by atomic mass is 16.3. The van der Waals surface area contributed by atoms with Gasteiger partial charge in [0, 0.05) is 24.1 Å². The second kappa shape index (κ2) is 5.17. The van der Waals surface area contributed by atoms with E-state index in [1.54, 1.807) is 12.1 Å². The van der Waals surface area contributed by atoms with E-state index in [4.69, 9.17) is 0 Å². The molecule has 3 rings (SSSR count). The number of nitrogens with one attached hydrogen (secondary N) is 1. The van der Waals surface area contributed by atoms with Crippen LogP contribution in [-0.2, 0) is 12.8 Å². The van der Waals surface area contributed by atoms with Crippen LogP contribution in [0, 0.1) is 0 Å². The molecular formula is C16H14N2O2. The third-order valence-electron chi connectivity index (χ3n) is 3.33. The lowest BCUT2D eigenvalue weighted by atomic mass is 10.1. The van der Waals surface area contributed by atoms with Crippen LogP contribution in [0.3, 0.4) is 0 Å². The van der Waals surface area contributed by atoms with Gasteiger partial charge >= 0.3 is 0 Å². The highest BCUT2D eigenvalue weighted by molar-refractivity contribution is 5.97. The molecule has 0 radical (unpaired) electrons. The molecule has 0 heterocycles. The largest absolute Gasteiger partial charge is 0.508 e. The monoisotopic (exact) mass is 266 g/mol. The minimum Gasteiger partial charge on any atom is -0.508 e. The molecule has 2 aromatic rings. The van der Waals surface area contributed by atoms with Crippen LogP contribution >= 0.6 is 0 Å². The van der Waals surface area contributed by atoms with Gasteiger partial charge in [0.2, 0.25) is 0 Å². The minimum absolute atomic E-state index is 0.0681. The summed E-state index contributed by atoms with van der Waals surface area (Å²) in [7, 11) is 0. The van der Waals surface area contributed by atoms with Gasteiger partial charge in [-0.25, -0.2) is 5.43 Å². The standard InChI is InChI=1S/C16H14N2O2/c19-15-7-3-6-13(10-15)16(20)18-17-14-8-11-4-1-2-5-12(11)9-14/h1-7,10,19H,8-9H2,(H,18,20). The topological polar surface area (TPSA) is 61.7 Å². The Hall–Kier alpha value is -2.62. The quantitative estimate of drug-likeness (QED) is 0.819. The fraction of sp³-hybridized carbons (Fsp3) is 0.125. The van der Waals surface area contributed by atoms with Gasteiger partial charge in [0.25, 0.3) is 5.91 Å². The number of nitrogens with zero attached hydrogens (tertiary/aromatic N) is 1. The summed E-state index contributed by atoms with van der Waals surface area (Å²) in [6.07, 6.45) is 1.55. The summed E-state index contributed by atoms with van der Waals surface area (Å²) in [6.45, 7) is 0. The number of carbonyl (C=O) groups is 1. The molecule has 2 N–H and O–H groups in total. The molecule has 0 aliphatic heterocycles. The van der Waals surface area contributed by atoms with E-state index < -0.39 is 0 Å². The van der Waals surface area contributed by atoms with E-state index in [1.807, 2.05) is 12.1 Å². The normalized spacial score (nSPS) is 12.9. The van der Waals surface area contributed by atoms with Crippen molar-refractivity contribution in [2.24, 2.45) is 5.10 Å². The van der Waals surface area contributed by atoms with Gasteiger partial charge in [-0.05, 0) is 29.3 Å². The Morgan fingerprint density at radius 2 is 1.75 bits per heavy atom. The van der Waals surface area contributed by atoms with Crippen LogP contribution in [0.4, 0.5) is 0 Å². The van der Waals surface area contributed by atoms with Gasteiger partial charge in [-0.2, -0.15) is 5.10 Å². The van der Waals surface area contributed by atoms with E-state index in [9.17, 15) is 9.90 Å². The molecule has 0 saturated carbocycles. The number of amides is 1. The Labute approximate surface area is 116 Å². The number of fused-ring (bicyclic) bond motifs is 1. The first-order chi connectivity index (χ1) is 9.72. The van der Waals surface area contributed by atoms with Gasteiger partial charge in [0.1, 0.15) is 5.75 Å². The molecule has 0 atom stereocenters. The number of phenols is 1. The molecule has 4 heteroatoms. The number of hydrogen-bond donors (Lipinski definition) is 2. The van der Waals surface area contributed by atoms with Crippen LogP contribution in [0.2, 0.25) is 0 Å². The molecule has 1 amide bonds. The fourth-order valence-electron chi connectivity index (χ4n) is 2.33. The zero-order valence-electron chi connectivity index (χ0n) is 10.8. The second-order valence-electron chi connectivity index (χ2n) is 4.79. The summed E-state index contributed by atoms with van der Waals surface area (Å²) >= 11 is 0. The van der Waals surface area contributed by atoms with Crippen molar-refractivity contribution in [3.63, 3.8) is 0 Å². The third kappa shape index (κ3) is 2.54. The Bertz CT molecular complexity index is 665. The molecule has 0 unspecified atom stereocenters. The first kappa shape index (κ1) is 12.4. The molecular weight excluding hydrogens is 252 g/mol. The van der Waals surface area contributed by atoms with Crippen LogP contribution in [0.25, 0.3) is 0 Å². The summed E-state index contributed by atoms with van der Waals surface area (Å²) < 4.78 is 0.